The topological polar surface area (TPSA) is 106 Å². The number of benzene rings is 1. The summed E-state index contributed by atoms with van der Waals surface area (Å²) in [5.74, 6) is -1.15. The summed E-state index contributed by atoms with van der Waals surface area (Å²) in [5.41, 5.74) is 6.83. The van der Waals surface area contributed by atoms with Crippen molar-refractivity contribution >= 4 is 33.7 Å². The van der Waals surface area contributed by atoms with E-state index in [-0.39, 0.29) is 18.4 Å². The second kappa shape index (κ2) is 8.48. The molecule has 0 atom stereocenters. The van der Waals surface area contributed by atoms with Gasteiger partial charge in [-0.1, -0.05) is 12.1 Å². The van der Waals surface area contributed by atoms with Crippen molar-refractivity contribution in [2.24, 2.45) is 5.73 Å². The summed E-state index contributed by atoms with van der Waals surface area (Å²) in [6.45, 7) is 2.80. The minimum absolute atomic E-state index is 0.171. The summed E-state index contributed by atoms with van der Waals surface area (Å²) in [6.07, 6.45) is 1.86. The minimum Gasteiger partial charge on any atom is -0.368 e. The van der Waals surface area contributed by atoms with Gasteiger partial charge in [-0.15, -0.1) is 0 Å². The second-order valence-corrected chi connectivity index (χ2v) is 6.27. The fraction of sp³-hybridized carbons (Fsp3) is 0.235. The molecule has 0 saturated carbocycles. The van der Waals surface area contributed by atoms with E-state index in [9.17, 15) is 14.4 Å². The molecule has 0 aliphatic heterocycles. The van der Waals surface area contributed by atoms with E-state index in [0.29, 0.717) is 24.3 Å². The minimum atomic E-state index is -0.601. The first-order valence-electron chi connectivity index (χ1n) is 7.70. The second-order valence-electron chi connectivity index (χ2n) is 5.36. The van der Waals surface area contributed by atoms with Crippen LogP contribution in [-0.4, -0.2) is 28.8 Å². The lowest BCUT2D eigenvalue weighted by Gasteiger charge is -2.08. The molecule has 0 radical (unpaired) electrons. The van der Waals surface area contributed by atoms with Gasteiger partial charge in [-0.3, -0.25) is 14.4 Å². The third kappa shape index (κ3) is 5.18. The number of hydrogen-bond acceptors (Lipinski definition) is 3. The number of amides is 3. The standard InChI is InChI=1S/C17H19BrN4O3/c1-2-22-10-13(18)7-14(22)17(25)20-8-11-3-5-12(6-4-11)16(24)21-9-15(19)23/h3-7,10H,2,8-9H2,1H3,(H2,19,23)(H,20,25)(H,21,24). The van der Waals surface area contributed by atoms with Gasteiger partial charge < -0.3 is 20.9 Å². The van der Waals surface area contributed by atoms with Crippen LogP contribution in [0.5, 0.6) is 0 Å². The predicted molar refractivity (Wildman–Crippen MR) is 96.9 cm³/mol. The van der Waals surface area contributed by atoms with Gasteiger partial charge in [-0.2, -0.15) is 0 Å². The van der Waals surface area contributed by atoms with Gasteiger partial charge in [0.1, 0.15) is 5.69 Å². The van der Waals surface area contributed by atoms with Crippen molar-refractivity contribution in [3.63, 3.8) is 0 Å². The molecule has 0 saturated heterocycles. The van der Waals surface area contributed by atoms with Gasteiger partial charge in [0.2, 0.25) is 5.91 Å². The Morgan fingerprint density at radius 3 is 2.40 bits per heavy atom. The van der Waals surface area contributed by atoms with Crippen LogP contribution in [-0.2, 0) is 17.9 Å². The van der Waals surface area contributed by atoms with Crippen molar-refractivity contribution in [2.45, 2.75) is 20.0 Å². The quantitative estimate of drug-likeness (QED) is 0.646. The highest BCUT2D eigenvalue weighted by molar-refractivity contribution is 9.10. The molecule has 7 nitrogen and oxygen atoms in total. The van der Waals surface area contributed by atoms with Gasteiger partial charge in [0, 0.05) is 29.3 Å². The predicted octanol–water partition coefficient (Wildman–Crippen LogP) is 1.42. The third-order valence-electron chi connectivity index (χ3n) is 3.53. The number of primary amides is 1. The van der Waals surface area contributed by atoms with E-state index in [1.807, 2.05) is 17.7 Å². The van der Waals surface area contributed by atoms with Crippen LogP contribution in [0, 0.1) is 0 Å². The lowest BCUT2D eigenvalue weighted by molar-refractivity contribution is -0.117. The van der Waals surface area contributed by atoms with Crippen molar-refractivity contribution in [2.75, 3.05) is 6.54 Å². The van der Waals surface area contributed by atoms with Crippen LogP contribution in [0.2, 0.25) is 0 Å². The zero-order valence-corrected chi connectivity index (χ0v) is 15.3. The first-order valence-corrected chi connectivity index (χ1v) is 8.49. The SMILES string of the molecule is CCn1cc(Br)cc1C(=O)NCc1ccc(C(=O)NCC(N)=O)cc1. The molecule has 1 aromatic heterocycles. The van der Waals surface area contributed by atoms with Gasteiger partial charge >= 0.3 is 0 Å². The van der Waals surface area contributed by atoms with Gasteiger partial charge in [0.25, 0.3) is 11.8 Å². The zero-order valence-electron chi connectivity index (χ0n) is 13.7. The Balaban J connectivity index is 1.94. The summed E-state index contributed by atoms with van der Waals surface area (Å²) in [7, 11) is 0. The number of halogens is 1. The van der Waals surface area contributed by atoms with Crippen molar-refractivity contribution < 1.29 is 14.4 Å². The average Bonchev–Trinajstić information content (AvgIpc) is 2.99. The van der Waals surface area contributed by atoms with Crippen molar-refractivity contribution in [3.05, 3.63) is 57.8 Å². The molecule has 2 rings (SSSR count). The van der Waals surface area contributed by atoms with Crippen LogP contribution in [0.4, 0.5) is 0 Å². The zero-order chi connectivity index (χ0) is 18.4. The Hall–Kier alpha value is -2.61. The fourth-order valence-corrected chi connectivity index (χ4v) is 2.71. The Bertz CT molecular complexity index is 784. The number of nitrogens with two attached hydrogens (primary N) is 1. The largest absolute Gasteiger partial charge is 0.368 e. The number of hydrogen-bond donors (Lipinski definition) is 3. The van der Waals surface area contributed by atoms with E-state index >= 15 is 0 Å². The Morgan fingerprint density at radius 1 is 1.12 bits per heavy atom. The molecule has 0 aliphatic carbocycles. The maximum Gasteiger partial charge on any atom is 0.268 e. The lowest BCUT2D eigenvalue weighted by Crippen LogP contribution is -2.33. The van der Waals surface area contributed by atoms with Gasteiger partial charge in [-0.05, 0) is 46.6 Å². The van der Waals surface area contributed by atoms with Crippen LogP contribution in [0.15, 0.2) is 41.0 Å². The van der Waals surface area contributed by atoms with E-state index in [1.165, 1.54) is 0 Å². The maximum absolute atomic E-state index is 12.3. The van der Waals surface area contributed by atoms with E-state index in [2.05, 4.69) is 26.6 Å². The molecule has 0 aliphatic rings. The molecular formula is C17H19BrN4O3. The number of aryl methyl sites for hydroxylation is 1. The Labute approximate surface area is 153 Å². The van der Waals surface area contributed by atoms with Crippen LogP contribution in [0.25, 0.3) is 0 Å². The highest BCUT2D eigenvalue weighted by Gasteiger charge is 2.12. The summed E-state index contributed by atoms with van der Waals surface area (Å²) < 4.78 is 2.71. The van der Waals surface area contributed by atoms with Crippen molar-refractivity contribution in [1.82, 2.24) is 15.2 Å². The molecule has 1 heterocycles. The van der Waals surface area contributed by atoms with Crippen LogP contribution in [0.1, 0.15) is 33.3 Å². The van der Waals surface area contributed by atoms with Crippen LogP contribution >= 0.6 is 15.9 Å². The Kier molecular flexibility index (Phi) is 6.35. The van der Waals surface area contributed by atoms with Gasteiger partial charge in [-0.25, -0.2) is 0 Å². The first-order chi connectivity index (χ1) is 11.9. The molecule has 3 amide bonds. The number of aromatic nitrogens is 1. The van der Waals surface area contributed by atoms with Gasteiger partial charge in [0.15, 0.2) is 0 Å². The van der Waals surface area contributed by atoms with E-state index in [0.717, 1.165) is 10.0 Å². The molecule has 0 unspecified atom stereocenters. The first kappa shape index (κ1) is 18.7. The smallest absolute Gasteiger partial charge is 0.268 e. The number of nitrogens with zero attached hydrogens (tertiary/aromatic N) is 1. The number of rotatable bonds is 7. The van der Waals surface area contributed by atoms with Crippen molar-refractivity contribution in [3.8, 4) is 0 Å². The summed E-state index contributed by atoms with van der Waals surface area (Å²) in [5, 5.41) is 5.26. The highest BCUT2D eigenvalue weighted by Crippen LogP contribution is 2.15. The average molecular weight is 407 g/mol. The third-order valence-corrected chi connectivity index (χ3v) is 3.96. The van der Waals surface area contributed by atoms with Gasteiger partial charge in [0.05, 0.1) is 6.54 Å². The molecule has 2 aromatic rings. The highest BCUT2D eigenvalue weighted by atomic mass is 79.9. The molecule has 132 valence electrons. The maximum atomic E-state index is 12.3. The summed E-state index contributed by atoms with van der Waals surface area (Å²) >= 11 is 3.36. The Morgan fingerprint density at radius 2 is 1.80 bits per heavy atom. The van der Waals surface area contributed by atoms with Crippen LogP contribution < -0.4 is 16.4 Å². The lowest BCUT2D eigenvalue weighted by atomic mass is 10.1. The molecule has 8 heteroatoms. The van der Waals surface area contributed by atoms with E-state index in [1.54, 1.807) is 30.3 Å². The van der Waals surface area contributed by atoms with Crippen molar-refractivity contribution in [1.29, 1.82) is 0 Å². The molecular weight excluding hydrogens is 388 g/mol. The number of nitrogens with one attached hydrogen (secondary N) is 2. The summed E-state index contributed by atoms with van der Waals surface area (Å²) in [4.78, 5) is 34.7. The normalized spacial score (nSPS) is 10.3. The molecule has 1 aromatic carbocycles. The molecule has 4 N–H and O–H groups in total. The molecule has 0 spiro atoms. The monoisotopic (exact) mass is 406 g/mol. The molecule has 0 fully saturated rings. The molecule has 0 bridgehead atoms. The summed E-state index contributed by atoms with van der Waals surface area (Å²) in [6, 6.07) is 8.51. The van der Waals surface area contributed by atoms with E-state index < -0.39 is 5.91 Å². The van der Waals surface area contributed by atoms with E-state index in [4.69, 9.17) is 5.73 Å². The molecule has 25 heavy (non-hydrogen) atoms. The number of carbonyl (C=O) groups excluding carboxylic acids is 3. The fourth-order valence-electron chi connectivity index (χ4n) is 2.24. The van der Waals surface area contributed by atoms with Crippen LogP contribution in [0.3, 0.4) is 0 Å². The number of carbonyl (C=O) groups is 3.